The summed E-state index contributed by atoms with van der Waals surface area (Å²) in [7, 11) is 0. The molecule has 1 rings (SSSR count). The first kappa shape index (κ1) is 10.7. The van der Waals surface area contributed by atoms with Crippen LogP contribution in [0.1, 0.15) is 40.0 Å². The molecule has 1 saturated heterocycles. The third-order valence-electron chi connectivity index (χ3n) is 2.14. The van der Waals surface area contributed by atoms with E-state index in [1.54, 1.807) is 0 Å². The number of ether oxygens (including phenoxy) is 2. The molecule has 0 aromatic heterocycles. The number of aldehydes is 1. The van der Waals surface area contributed by atoms with Crippen molar-refractivity contribution >= 4 is 6.29 Å². The summed E-state index contributed by atoms with van der Waals surface area (Å²) in [4.78, 5) is 10.6. The van der Waals surface area contributed by atoms with Gasteiger partial charge < -0.3 is 14.3 Å². The minimum absolute atomic E-state index is 0.170. The number of hydrogen-bond donors (Lipinski definition) is 0. The highest BCUT2D eigenvalue weighted by atomic mass is 16.7. The molecule has 2 atom stereocenters. The van der Waals surface area contributed by atoms with Crippen molar-refractivity contribution in [3.63, 3.8) is 0 Å². The lowest BCUT2D eigenvalue weighted by Gasteiger charge is -2.38. The van der Waals surface area contributed by atoms with Gasteiger partial charge in [0.2, 0.25) is 0 Å². The molecule has 1 fully saturated rings. The highest BCUT2D eigenvalue weighted by Crippen LogP contribution is 2.27. The predicted molar refractivity (Wildman–Crippen MR) is 49.4 cm³/mol. The Morgan fingerprint density at radius 3 is 2.69 bits per heavy atom. The molecule has 0 aromatic rings. The van der Waals surface area contributed by atoms with Gasteiger partial charge in [-0.05, 0) is 20.3 Å². The van der Waals surface area contributed by atoms with Crippen LogP contribution in [0.5, 0.6) is 0 Å². The van der Waals surface area contributed by atoms with Crippen molar-refractivity contribution in [2.24, 2.45) is 0 Å². The molecule has 0 aliphatic carbocycles. The molecular formula is C10H18O3. The van der Waals surface area contributed by atoms with Gasteiger partial charge in [0, 0.05) is 6.42 Å². The van der Waals surface area contributed by atoms with Gasteiger partial charge in [-0.25, -0.2) is 0 Å². The summed E-state index contributed by atoms with van der Waals surface area (Å²) in [5, 5.41) is 0. The van der Waals surface area contributed by atoms with Crippen molar-refractivity contribution < 1.29 is 14.3 Å². The number of carbonyl (C=O) groups excluding carboxylic acids is 1. The molecule has 0 radical (unpaired) electrons. The maximum atomic E-state index is 10.6. The molecule has 1 aliphatic heterocycles. The van der Waals surface area contributed by atoms with E-state index in [-0.39, 0.29) is 12.2 Å². The Kier molecular flexibility index (Phi) is 3.45. The zero-order valence-corrected chi connectivity index (χ0v) is 8.58. The summed E-state index contributed by atoms with van der Waals surface area (Å²) in [5.74, 6) is -0.607. The quantitative estimate of drug-likeness (QED) is 0.631. The van der Waals surface area contributed by atoms with Crippen molar-refractivity contribution in [2.75, 3.05) is 0 Å². The van der Waals surface area contributed by atoms with E-state index in [2.05, 4.69) is 6.92 Å². The summed E-state index contributed by atoms with van der Waals surface area (Å²) in [5.41, 5.74) is 0. The predicted octanol–water partition coefficient (Wildman–Crippen LogP) is 1.90. The molecule has 0 saturated carbocycles. The summed E-state index contributed by atoms with van der Waals surface area (Å²) in [6.45, 7) is 5.82. The van der Waals surface area contributed by atoms with Crippen LogP contribution in [0.3, 0.4) is 0 Å². The zero-order valence-electron chi connectivity index (χ0n) is 8.58. The van der Waals surface area contributed by atoms with Gasteiger partial charge in [0.05, 0.1) is 6.10 Å². The molecule has 0 amide bonds. The van der Waals surface area contributed by atoms with Crippen LogP contribution in [0.15, 0.2) is 0 Å². The van der Waals surface area contributed by atoms with Crippen LogP contribution in [0.2, 0.25) is 0 Å². The lowest BCUT2D eigenvalue weighted by atomic mass is 10.1. The maximum absolute atomic E-state index is 10.6. The lowest BCUT2D eigenvalue weighted by Crippen LogP contribution is -2.45. The van der Waals surface area contributed by atoms with E-state index < -0.39 is 5.79 Å². The second kappa shape index (κ2) is 4.20. The highest BCUT2D eigenvalue weighted by molar-refractivity contribution is 5.56. The standard InChI is InChI=1S/C10H18O3/c1-4-5-8-6-9(7-11)13-10(2,3)12-8/h7-9H,4-6H2,1-3H3. The lowest BCUT2D eigenvalue weighted by molar-refractivity contribution is -0.291. The van der Waals surface area contributed by atoms with Gasteiger partial charge in [-0.15, -0.1) is 0 Å². The summed E-state index contributed by atoms with van der Waals surface area (Å²) in [6, 6.07) is 0. The first-order chi connectivity index (χ1) is 6.07. The van der Waals surface area contributed by atoms with E-state index in [1.807, 2.05) is 13.8 Å². The number of rotatable bonds is 3. The van der Waals surface area contributed by atoms with Gasteiger partial charge >= 0.3 is 0 Å². The van der Waals surface area contributed by atoms with E-state index in [9.17, 15) is 4.79 Å². The molecule has 0 aromatic carbocycles. The first-order valence-corrected chi connectivity index (χ1v) is 4.88. The Labute approximate surface area is 79.4 Å². The molecule has 76 valence electrons. The van der Waals surface area contributed by atoms with E-state index in [1.165, 1.54) is 0 Å². The molecule has 0 spiro atoms. The Morgan fingerprint density at radius 1 is 1.46 bits per heavy atom. The van der Waals surface area contributed by atoms with Crippen molar-refractivity contribution in [3.05, 3.63) is 0 Å². The molecule has 0 bridgehead atoms. The summed E-state index contributed by atoms with van der Waals surface area (Å²) >= 11 is 0. The largest absolute Gasteiger partial charge is 0.347 e. The maximum Gasteiger partial charge on any atom is 0.164 e. The Bertz CT molecular complexity index is 177. The monoisotopic (exact) mass is 186 g/mol. The number of hydrogen-bond acceptors (Lipinski definition) is 3. The fraction of sp³-hybridized carbons (Fsp3) is 0.900. The average Bonchev–Trinajstić information content (AvgIpc) is 2.02. The summed E-state index contributed by atoms with van der Waals surface area (Å²) < 4.78 is 11.1. The zero-order chi connectivity index (χ0) is 9.90. The van der Waals surface area contributed by atoms with Gasteiger partial charge in [-0.2, -0.15) is 0 Å². The molecule has 1 aliphatic rings. The molecule has 3 heteroatoms. The molecule has 2 unspecified atom stereocenters. The molecule has 13 heavy (non-hydrogen) atoms. The second-order valence-corrected chi connectivity index (χ2v) is 3.96. The van der Waals surface area contributed by atoms with Crippen LogP contribution >= 0.6 is 0 Å². The fourth-order valence-electron chi connectivity index (χ4n) is 1.73. The van der Waals surface area contributed by atoms with Gasteiger partial charge in [-0.1, -0.05) is 13.3 Å². The van der Waals surface area contributed by atoms with E-state index in [0.717, 1.165) is 19.1 Å². The Morgan fingerprint density at radius 2 is 2.15 bits per heavy atom. The van der Waals surface area contributed by atoms with E-state index in [4.69, 9.17) is 9.47 Å². The van der Waals surface area contributed by atoms with Gasteiger partial charge in [0.25, 0.3) is 0 Å². The van der Waals surface area contributed by atoms with Crippen LogP contribution in [0.25, 0.3) is 0 Å². The smallest absolute Gasteiger partial charge is 0.164 e. The molecular weight excluding hydrogens is 168 g/mol. The van der Waals surface area contributed by atoms with Crippen LogP contribution in [0.4, 0.5) is 0 Å². The summed E-state index contributed by atoms with van der Waals surface area (Å²) in [6.07, 6.45) is 3.52. The van der Waals surface area contributed by atoms with Crippen molar-refractivity contribution in [2.45, 2.75) is 58.0 Å². The van der Waals surface area contributed by atoms with Crippen molar-refractivity contribution in [1.82, 2.24) is 0 Å². The normalized spacial score (nSPS) is 32.8. The Balaban J connectivity index is 2.54. The van der Waals surface area contributed by atoms with Crippen LogP contribution in [-0.2, 0) is 14.3 Å². The average molecular weight is 186 g/mol. The van der Waals surface area contributed by atoms with Gasteiger partial charge in [0.1, 0.15) is 12.4 Å². The van der Waals surface area contributed by atoms with Crippen LogP contribution < -0.4 is 0 Å². The second-order valence-electron chi connectivity index (χ2n) is 3.96. The van der Waals surface area contributed by atoms with Gasteiger partial charge in [-0.3, -0.25) is 0 Å². The molecule has 1 heterocycles. The fourth-order valence-corrected chi connectivity index (χ4v) is 1.73. The highest BCUT2D eigenvalue weighted by Gasteiger charge is 2.34. The minimum Gasteiger partial charge on any atom is -0.347 e. The van der Waals surface area contributed by atoms with E-state index in [0.29, 0.717) is 6.42 Å². The van der Waals surface area contributed by atoms with E-state index >= 15 is 0 Å². The first-order valence-electron chi connectivity index (χ1n) is 4.88. The Hall–Kier alpha value is -0.410. The third kappa shape index (κ3) is 3.08. The number of carbonyl (C=O) groups is 1. The molecule has 0 N–H and O–H groups in total. The van der Waals surface area contributed by atoms with Crippen LogP contribution in [-0.4, -0.2) is 24.3 Å². The van der Waals surface area contributed by atoms with Gasteiger partial charge in [0.15, 0.2) is 5.79 Å². The van der Waals surface area contributed by atoms with Crippen molar-refractivity contribution in [3.8, 4) is 0 Å². The van der Waals surface area contributed by atoms with Crippen molar-refractivity contribution in [1.29, 1.82) is 0 Å². The molecule has 3 nitrogen and oxygen atoms in total. The minimum atomic E-state index is -0.607. The topological polar surface area (TPSA) is 35.5 Å². The van der Waals surface area contributed by atoms with Crippen LogP contribution in [0, 0.1) is 0 Å². The third-order valence-corrected chi connectivity index (χ3v) is 2.14. The SMILES string of the molecule is CCCC1CC(C=O)OC(C)(C)O1.